The molecule has 0 saturated heterocycles. The Morgan fingerprint density at radius 2 is 1.28 bits per heavy atom. The van der Waals surface area contributed by atoms with Crippen LogP contribution in [-0.4, -0.2) is 24.1 Å². The summed E-state index contributed by atoms with van der Waals surface area (Å²) in [6.07, 6.45) is 8.84. The van der Waals surface area contributed by atoms with Crippen LogP contribution in [0.3, 0.4) is 0 Å². The molecule has 0 radical (unpaired) electrons. The van der Waals surface area contributed by atoms with Crippen molar-refractivity contribution in [3.05, 3.63) is 24.3 Å². The van der Waals surface area contributed by atoms with Crippen molar-refractivity contribution >= 4 is 11.9 Å². The first-order valence-corrected chi connectivity index (χ1v) is 6.34. The maximum atomic E-state index is 11.4. The summed E-state index contributed by atoms with van der Waals surface area (Å²) < 4.78 is 10.6. The van der Waals surface area contributed by atoms with Gasteiger partial charge in [0.25, 0.3) is 0 Å². The van der Waals surface area contributed by atoms with Crippen molar-refractivity contribution in [3.63, 3.8) is 0 Å². The molecule has 0 heterocycles. The van der Waals surface area contributed by atoms with Gasteiger partial charge in [0.15, 0.2) is 0 Å². The molecule has 2 unspecified atom stereocenters. The molecule has 0 N–H and O–H groups in total. The van der Waals surface area contributed by atoms with Crippen molar-refractivity contribution in [3.8, 4) is 0 Å². The average Bonchev–Trinajstić information content (AvgIpc) is 2.32. The van der Waals surface area contributed by atoms with Crippen LogP contribution in [0, 0.1) is 0 Å². The second-order valence-electron chi connectivity index (χ2n) is 4.24. The normalized spacial score (nSPS) is 24.3. The van der Waals surface area contributed by atoms with E-state index in [1.54, 1.807) is 26.0 Å². The summed E-state index contributed by atoms with van der Waals surface area (Å²) in [6.45, 7) is 3.51. The molecule has 4 heteroatoms. The van der Waals surface area contributed by atoms with E-state index in [-0.39, 0.29) is 24.1 Å². The lowest BCUT2D eigenvalue weighted by atomic mass is 9.94. The highest BCUT2D eigenvalue weighted by Gasteiger charge is 2.30. The van der Waals surface area contributed by atoms with Crippen LogP contribution in [0.4, 0.5) is 0 Å². The average molecular weight is 252 g/mol. The molecule has 0 aromatic carbocycles. The maximum absolute atomic E-state index is 11.4. The Morgan fingerprint density at radius 3 is 1.61 bits per heavy atom. The molecule has 4 nitrogen and oxygen atoms in total. The van der Waals surface area contributed by atoms with E-state index in [4.69, 9.17) is 9.47 Å². The van der Waals surface area contributed by atoms with Crippen LogP contribution in [0.15, 0.2) is 24.3 Å². The van der Waals surface area contributed by atoms with Crippen molar-refractivity contribution in [2.45, 2.75) is 51.7 Å². The van der Waals surface area contributed by atoms with E-state index in [0.717, 1.165) is 25.7 Å². The topological polar surface area (TPSA) is 52.6 Å². The molecule has 0 aliphatic heterocycles. The number of rotatable bonds is 4. The van der Waals surface area contributed by atoms with E-state index < -0.39 is 0 Å². The molecular formula is C14H20O4. The number of ether oxygens (including phenoxy) is 2. The fourth-order valence-corrected chi connectivity index (χ4v) is 1.98. The van der Waals surface area contributed by atoms with Crippen LogP contribution in [0.5, 0.6) is 0 Å². The zero-order chi connectivity index (χ0) is 13.4. The quantitative estimate of drug-likeness (QED) is 0.570. The van der Waals surface area contributed by atoms with E-state index in [1.165, 1.54) is 12.2 Å². The van der Waals surface area contributed by atoms with Crippen molar-refractivity contribution in [1.29, 1.82) is 0 Å². The van der Waals surface area contributed by atoms with E-state index in [1.807, 2.05) is 0 Å². The van der Waals surface area contributed by atoms with Crippen LogP contribution in [0.2, 0.25) is 0 Å². The van der Waals surface area contributed by atoms with Gasteiger partial charge >= 0.3 is 11.9 Å². The molecule has 1 fully saturated rings. The molecule has 1 aliphatic rings. The summed E-state index contributed by atoms with van der Waals surface area (Å²) in [7, 11) is 0. The molecule has 2 atom stereocenters. The Morgan fingerprint density at radius 1 is 0.889 bits per heavy atom. The van der Waals surface area contributed by atoms with Gasteiger partial charge in [0.05, 0.1) is 0 Å². The summed E-state index contributed by atoms with van der Waals surface area (Å²) >= 11 is 0. The summed E-state index contributed by atoms with van der Waals surface area (Å²) in [6, 6.07) is 0. The van der Waals surface area contributed by atoms with Crippen LogP contribution in [0.1, 0.15) is 39.5 Å². The van der Waals surface area contributed by atoms with Gasteiger partial charge in [-0.15, -0.1) is 0 Å². The molecule has 0 bridgehead atoms. The number of hydrogen-bond acceptors (Lipinski definition) is 4. The molecule has 0 aromatic heterocycles. The van der Waals surface area contributed by atoms with E-state index in [9.17, 15) is 9.59 Å². The van der Waals surface area contributed by atoms with Crippen LogP contribution >= 0.6 is 0 Å². The highest BCUT2D eigenvalue weighted by atomic mass is 16.6. The van der Waals surface area contributed by atoms with Gasteiger partial charge in [0.2, 0.25) is 0 Å². The SMILES string of the molecule is C/C=C/C(=O)OC1CCCCC1OC(=O)/C=C/C. The predicted molar refractivity (Wildman–Crippen MR) is 67.9 cm³/mol. The van der Waals surface area contributed by atoms with Gasteiger partial charge in [0.1, 0.15) is 12.2 Å². The molecule has 1 rings (SSSR count). The molecule has 1 aliphatic carbocycles. The third kappa shape index (κ3) is 4.73. The minimum atomic E-state index is -0.378. The maximum Gasteiger partial charge on any atom is 0.330 e. The van der Waals surface area contributed by atoms with E-state index in [0.29, 0.717) is 0 Å². The summed E-state index contributed by atoms with van der Waals surface area (Å²) in [5, 5.41) is 0. The minimum absolute atomic E-state index is 0.323. The fraction of sp³-hybridized carbons (Fsp3) is 0.571. The molecule has 0 aromatic rings. The zero-order valence-corrected chi connectivity index (χ0v) is 10.9. The number of allylic oxidation sites excluding steroid dienone is 2. The molecule has 0 amide bonds. The number of hydrogen-bond donors (Lipinski definition) is 0. The van der Waals surface area contributed by atoms with Crippen LogP contribution in [-0.2, 0) is 19.1 Å². The summed E-state index contributed by atoms with van der Waals surface area (Å²) in [4.78, 5) is 22.8. The standard InChI is InChI=1S/C14H20O4/c1-3-7-13(15)17-11-9-5-6-10-12(11)18-14(16)8-4-2/h3-4,7-8,11-12H,5-6,9-10H2,1-2H3/b7-3+,8-4+. The molecular weight excluding hydrogens is 232 g/mol. The van der Waals surface area contributed by atoms with Gasteiger partial charge in [-0.3, -0.25) is 0 Å². The largest absolute Gasteiger partial charge is 0.455 e. The number of carbonyl (C=O) groups excluding carboxylic acids is 2. The van der Waals surface area contributed by atoms with E-state index in [2.05, 4.69) is 0 Å². The Balaban J connectivity index is 2.56. The van der Waals surface area contributed by atoms with Crippen molar-refractivity contribution < 1.29 is 19.1 Å². The smallest absolute Gasteiger partial charge is 0.330 e. The van der Waals surface area contributed by atoms with Gasteiger partial charge in [-0.25, -0.2) is 9.59 Å². The molecule has 100 valence electrons. The second kappa shape index (κ2) is 7.69. The van der Waals surface area contributed by atoms with Crippen LogP contribution in [0.25, 0.3) is 0 Å². The lowest BCUT2D eigenvalue weighted by Crippen LogP contribution is -2.37. The zero-order valence-electron chi connectivity index (χ0n) is 10.9. The molecule has 18 heavy (non-hydrogen) atoms. The lowest BCUT2D eigenvalue weighted by molar-refractivity contribution is -0.165. The van der Waals surface area contributed by atoms with E-state index >= 15 is 0 Å². The van der Waals surface area contributed by atoms with Crippen molar-refractivity contribution in [2.24, 2.45) is 0 Å². The second-order valence-corrected chi connectivity index (χ2v) is 4.24. The number of carbonyl (C=O) groups is 2. The highest BCUT2D eigenvalue weighted by molar-refractivity contribution is 5.82. The monoisotopic (exact) mass is 252 g/mol. The Labute approximate surface area is 108 Å². The predicted octanol–water partition coefficient (Wildman–Crippen LogP) is 2.54. The third-order valence-corrected chi connectivity index (χ3v) is 2.78. The van der Waals surface area contributed by atoms with Gasteiger partial charge in [0, 0.05) is 12.2 Å². The van der Waals surface area contributed by atoms with Gasteiger partial charge in [-0.1, -0.05) is 12.2 Å². The van der Waals surface area contributed by atoms with Crippen LogP contribution < -0.4 is 0 Å². The first-order chi connectivity index (χ1) is 8.67. The lowest BCUT2D eigenvalue weighted by Gasteiger charge is -2.30. The fourth-order valence-electron chi connectivity index (χ4n) is 1.98. The minimum Gasteiger partial charge on any atom is -0.455 e. The van der Waals surface area contributed by atoms with Gasteiger partial charge in [-0.05, 0) is 39.5 Å². The molecule has 0 spiro atoms. The third-order valence-electron chi connectivity index (χ3n) is 2.78. The Kier molecular flexibility index (Phi) is 6.19. The molecule has 1 saturated carbocycles. The first kappa shape index (κ1) is 14.5. The number of esters is 2. The van der Waals surface area contributed by atoms with Crippen molar-refractivity contribution in [1.82, 2.24) is 0 Å². The Hall–Kier alpha value is -1.58. The highest BCUT2D eigenvalue weighted by Crippen LogP contribution is 2.24. The van der Waals surface area contributed by atoms with Crippen molar-refractivity contribution in [2.75, 3.05) is 0 Å². The summed E-state index contributed by atoms with van der Waals surface area (Å²) in [5.74, 6) is -0.757. The van der Waals surface area contributed by atoms with Gasteiger partial charge in [-0.2, -0.15) is 0 Å². The summed E-state index contributed by atoms with van der Waals surface area (Å²) in [5.41, 5.74) is 0. The first-order valence-electron chi connectivity index (χ1n) is 6.34. The Bertz CT molecular complexity index is 310. The van der Waals surface area contributed by atoms with Gasteiger partial charge < -0.3 is 9.47 Å².